The Labute approximate surface area is 115 Å². The molecule has 0 saturated carbocycles. The Morgan fingerprint density at radius 1 is 1.06 bits per heavy atom. The van der Waals surface area contributed by atoms with Crippen LogP contribution in [0.15, 0.2) is 42.5 Å². The van der Waals surface area contributed by atoms with Gasteiger partial charge in [0.1, 0.15) is 0 Å². The molecule has 0 amide bonds. The molecule has 0 spiro atoms. The molecule has 2 nitrogen and oxygen atoms in total. The average molecular weight is 280 g/mol. The molecule has 0 aliphatic carbocycles. The highest BCUT2D eigenvalue weighted by atomic mass is 35.5. The number of halogens is 2. The van der Waals surface area contributed by atoms with E-state index in [1.165, 1.54) is 0 Å². The molecule has 4 heteroatoms. The third-order valence-electron chi connectivity index (χ3n) is 2.57. The first-order valence-corrected chi connectivity index (χ1v) is 6.14. The number of anilines is 1. The van der Waals surface area contributed by atoms with Gasteiger partial charge in [0.2, 0.25) is 0 Å². The molecule has 0 heterocycles. The molecule has 0 fully saturated rings. The molecule has 2 N–H and O–H groups in total. The Balaban J connectivity index is 2.21. The summed E-state index contributed by atoms with van der Waals surface area (Å²) < 4.78 is 0. The average Bonchev–Trinajstić information content (AvgIpc) is 2.35. The summed E-state index contributed by atoms with van der Waals surface area (Å²) in [5, 5.41) is 1.07. The Morgan fingerprint density at radius 2 is 1.72 bits per heavy atom. The van der Waals surface area contributed by atoms with Gasteiger partial charge >= 0.3 is 0 Å². The van der Waals surface area contributed by atoms with Gasteiger partial charge in [-0.25, -0.2) is 0 Å². The molecule has 0 aliphatic heterocycles. The van der Waals surface area contributed by atoms with Gasteiger partial charge in [-0.05, 0) is 35.9 Å². The van der Waals surface area contributed by atoms with Crippen molar-refractivity contribution < 1.29 is 4.79 Å². The lowest BCUT2D eigenvalue weighted by Crippen LogP contribution is -2.05. The van der Waals surface area contributed by atoms with Crippen molar-refractivity contribution in [3.63, 3.8) is 0 Å². The quantitative estimate of drug-likeness (QED) is 0.682. The molecule has 92 valence electrons. The van der Waals surface area contributed by atoms with Crippen molar-refractivity contribution in [2.24, 2.45) is 0 Å². The van der Waals surface area contributed by atoms with E-state index in [0.717, 1.165) is 5.56 Å². The largest absolute Gasteiger partial charge is 0.399 e. The highest BCUT2D eigenvalue weighted by Gasteiger charge is 2.11. The highest BCUT2D eigenvalue weighted by molar-refractivity contribution is 6.34. The van der Waals surface area contributed by atoms with Crippen LogP contribution in [-0.4, -0.2) is 5.78 Å². The summed E-state index contributed by atoms with van der Waals surface area (Å²) in [6.45, 7) is 0. The van der Waals surface area contributed by atoms with E-state index >= 15 is 0 Å². The summed E-state index contributed by atoms with van der Waals surface area (Å²) in [5.41, 5.74) is 7.52. The van der Waals surface area contributed by atoms with Crippen LogP contribution in [0.1, 0.15) is 15.9 Å². The lowest BCUT2D eigenvalue weighted by Gasteiger charge is -2.05. The van der Waals surface area contributed by atoms with Crippen molar-refractivity contribution in [1.82, 2.24) is 0 Å². The van der Waals surface area contributed by atoms with Gasteiger partial charge in [0, 0.05) is 22.7 Å². The van der Waals surface area contributed by atoms with Crippen LogP contribution in [0.3, 0.4) is 0 Å². The predicted molar refractivity (Wildman–Crippen MR) is 75.4 cm³/mol. The Hall–Kier alpha value is -1.51. The normalized spacial score (nSPS) is 10.3. The van der Waals surface area contributed by atoms with Gasteiger partial charge < -0.3 is 5.73 Å². The van der Waals surface area contributed by atoms with Gasteiger partial charge in [-0.15, -0.1) is 0 Å². The number of hydrogen-bond donors (Lipinski definition) is 1. The second kappa shape index (κ2) is 5.42. The summed E-state index contributed by atoms with van der Waals surface area (Å²) in [6, 6.07) is 12.0. The molecule has 0 aromatic heterocycles. The van der Waals surface area contributed by atoms with Crippen molar-refractivity contribution in [1.29, 1.82) is 0 Å². The molecule has 0 aliphatic rings. The van der Waals surface area contributed by atoms with E-state index in [0.29, 0.717) is 21.3 Å². The van der Waals surface area contributed by atoms with Crippen LogP contribution in [0.4, 0.5) is 5.69 Å². The SMILES string of the molecule is Nc1ccc(Cl)c(C(=O)Cc2ccc(Cl)cc2)c1. The van der Waals surface area contributed by atoms with Crippen LogP contribution in [0, 0.1) is 0 Å². The minimum absolute atomic E-state index is 0.0605. The fourth-order valence-corrected chi connectivity index (χ4v) is 1.99. The molecular formula is C14H11Cl2NO. The molecule has 2 rings (SSSR count). The van der Waals surface area contributed by atoms with Crippen molar-refractivity contribution in [2.45, 2.75) is 6.42 Å². The van der Waals surface area contributed by atoms with E-state index in [2.05, 4.69) is 0 Å². The summed E-state index contributed by atoms with van der Waals surface area (Å²) in [6.07, 6.45) is 0.278. The third kappa shape index (κ3) is 3.03. The fraction of sp³-hybridized carbons (Fsp3) is 0.0714. The maximum Gasteiger partial charge on any atom is 0.168 e. The number of carbonyl (C=O) groups is 1. The highest BCUT2D eigenvalue weighted by Crippen LogP contribution is 2.21. The van der Waals surface area contributed by atoms with Gasteiger partial charge in [-0.1, -0.05) is 35.3 Å². The number of nitrogen functional groups attached to an aromatic ring is 1. The molecule has 0 radical (unpaired) electrons. The molecule has 0 bridgehead atoms. The monoisotopic (exact) mass is 279 g/mol. The molecule has 0 unspecified atom stereocenters. The zero-order chi connectivity index (χ0) is 13.1. The standard InChI is InChI=1S/C14H11Cl2NO/c15-10-3-1-9(2-4-10)7-14(18)12-8-11(17)5-6-13(12)16/h1-6,8H,7,17H2. The van der Waals surface area contributed by atoms with E-state index < -0.39 is 0 Å². The van der Waals surface area contributed by atoms with Gasteiger partial charge in [0.25, 0.3) is 0 Å². The van der Waals surface area contributed by atoms with E-state index in [9.17, 15) is 4.79 Å². The maximum atomic E-state index is 12.1. The first-order chi connectivity index (χ1) is 8.56. The van der Waals surface area contributed by atoms with E-state index in [1.54, 1.807) is 30.3 Å². The van der Waals surface area contributed by atoms with Gasteiger partial charge in [-0.3, -0.25) is 4.79 Å². The molecule has 0 saturated heterocycles. The maximum absolute atomic E-state index is 12.1. The van der Waals surface area contributed by atoms with Crippen LogP contribution < -0.4 is 5.73 Å². The second-order valence-corrected chi connectivity index (χ2v) is 4.81. The minimum atomic E-state index is -0.0605. The fourth-order valence-electron chi connectivity index (χ4n) is 1.64. The van der Waals surface area contributed by atoms with E-state index in [-0.39, 0.29) is 12.2 Å². The van der Waals surface area contributed by atoms with Crippen LogP contribution in [0.2, 0.25) is 10.0 Å². The molecule has 18 heavy (non-hydrogen) atoms. The summed E-state index contributed by atoms with van der Waals surface area (Å²) in [7, 11) is 0. The number of carbonyl (C=O) groups excluding carboxylic acids is 1. The van der Waals surface area contributed by atoms with E-state index in [1.807, 2.05) is 12.1 Å². The first-order valence-electron chi connectivity index (χ1n) is 5.39. The number of rotatable bonds is 3. The Kier molecular flexibility index (Phi) is 3.90. The predicted octanol–water partition coefficient (Wildman–Crippen LogP) is 4.00. The van der Waals surface area contributed by atoms with E-state index in [4.69, 9.17) is 28.9 Å². The van der Waals surface area contributed by atoms with Crippen molar-refractivity contribution >= 4 is 34.7 Å². The zero-order valence-electron chi connectivity index (χ0n) is 9.49. The lowest BCUT2D eigenvalue weighted by atomic mass is 10.0. The Morgan fingerprint density at radius 3 is 2.39 bits per heavy atom. The number of benzene rings is 2. The second-order valence-electron chi connectivity index (χ2n) is 3.97. The summed E-state index contributed by atoms with van der Waals surface area (Å²) >= 11 is 11.8. The van der Waals surface area contributed by atoms with Crippen molar-refractivity contribution in [3.8, 4) is 0 Å². The van der Waals surface area contributed by atoms with Gasteiger partial charge in [-0.2, -0.15) is 0 Å². The third-order valence-corrected chi connectivity index (χ3v) is 3.15. The minimum Gasteiger partial charge on any atom is -0.399 e. The van der Waals surface area contributed by atoms with Crippen LogP contribution in [0.5, 0.6) is 0 Å². The van der Waals surface area contributed by atoms with Gasteiger partial charge in [0.05, 0.1) is 5.02 Å². The summed E-state index contributed by atoms with van der Waals surface area (Å²) in [4.78, 5) is 12.1. The number of Topliss-reactive ketones (excluding diaryl/α,β-unsaturated/α-hetero) is 1. The molecular weight excluding hydrogens is 269 g/mol. The lowest BCUT2D eigenvalue weighted by molar-refractivity contribution is 0.0993. The van der Waals surface area contributed by atoms with Crippen LogP contribution in [-0.2, 0) is 6.42 Å². The van der Waals surface area contributed by atoms with Gasteiger partial charge in [0.15, 0.2) is 5.78 Å². The Bertz CT molecular complexity index is 579. The molecule has 0 atom stereocenters. The van der Waals surface area contributed by atoms with Crippen LogP contribution >= 0.6 is 23.2 Å². The first kappa shape index (κ1) is 12.9. The molecule has 2 aromatic carbocycles. The number of hydrogen-bond acceptors (Lipinski definition) is 2. The number of ketones is 1. The van der Waals surface area contributed by atoms with Crippen molar-refractivity contribution in [2.75, 3.05) is 5.73 Å². The zero-order valence-corrected chi connectivity index (χ0v) is 11.0. The topological polar surface area (TPSA) is 43.1 Å². The van der Waals surface area contributed by atoms with Crippen LogP contribution in [0.25, 0.3) is 0 Å². The van der Waals surface area contributed by atoms with Crippen molar-refractivity contribution in [3.05, 3.63) is 63.6 Å². The smallest absolute Gasteiger partial charge is 0.168 e. The number of nitrogens with two attached hydrogens (primary N) is 1. The summed E-state index contributed by atoms with van der Waals surface area (Å²) in [5.74, 6) is -0.0605. The molecule has 2 aromatic rings.